The van der Waals surface area contributed by atoms with Crippen LogP contribution in [0.5, 0.6) is 0 Å². The van der Waals surface area contributed by atoms with Crippen LogP contribution in [-0.4, -0.2) is 5.71 Å². The molecule has 184 valence electrons. The van der Waals surface area contributed by atoms with E-state index in [1.807, 2.05) is 48.6 Å². The highest BCUT2D eigenvalue weighted by Gasteiger charge is 2.17. The van der Waals surface area contributed by atoms with Crippen molar-refractivity contribution in [2.24, 2.45) is 0 Å². The number of furan rings is 1. The molecule has 0 radical (unpaired) electrons. The van der Waals surface area contributed by atoms with Crippen LogP contribution in [0, 0.1) is 5.41 Å². The first kappa shape index (κ1) is 22.9. The topological polar surface area (TPSA) is 37.0 Å². The van der Waals surface area contributed by atoms with Gasteiger partial charge in [-0.25, -0.2) is 0 Å². The predicted octanol–water partition coefficient (Wildman–Crippen LogP) is 10.2. The van der Waals surface area contributed by atoms with Gasteiger partial charge in [-0.15, -0.1) is 0 Å². The van der Waals surface area contributed by atoms with E-state index in [2.05, 4.69) is 91.5 Å². The molecule has 1 aromatic heterocycles. The molecular weight excluding hydrogens is 474 g/mol. The maximum absolute atomic E-state index is 9.24. The molecule has 6 aromatic carbocycles. The zero-order chi connectivity index (χ0) is 26.3. The molecule has 0 aliphatic carbocycles. The van der Waals surface area contributed by atoms with Crippen LogP contribution in [0.4, 0.5) is 0 Å². The fourth-order valence-corrected chi connectivity index (χ4v) is 5.73. The average molecular weight is 500 g/mol. The second-order valence-corrected chi connectivity index (χ2v) is 9.76. The van der Waals surface area contributed by atoms with Crippen molar-refractivity contribution in [1.29, 1.82) is 5.41 Å². The van der Waals surface area contributed by atoms with Crippen molar-refractivity contribution in [2.45, 2.75) is 0 Å². The molecule has 7 rings (SSSR count). The van der Waals surface area contributed by atoms with E-state index in [0.29, 0.717) is 5.71 Å². The lowest BCUT2D eigenvalue weighted by atomic mass is 9.86. The monoisotopic (exact) mass is 499 g/mol. The third kappa shape index (κ3) is 3.77. The van der Waals surface area contributed by atoms with Crippen LogP contribution >= 0.6 is 0 Å². The number of benzene rings is 6. The quantitative estimate of drug-likeness (QED) is 0.143. The summed E-state index contributed by atoms with van der Waals surface area (Å²) in [6.45, 7) is 4.38. The average Bonchev–Trinajstić information content (AvgIpc) is 3.38. The largest absolute Gasteiger partial charge is 0.456 e. The van der Waals surface area contributed by atoms with Crippen molar-refractivity contribution in [3.8, 4) is 11.1 Å². The van der Waals surface area contributed by atoms with E-state index >= 15 is 0 Å². The second kappa shape index (κ2) is 9.27. The Bertz CT molecular complexity index is 2040. The molecular formula is C37H25NO. The summed E-state index contributed by atoms with van der Waals surface area (Å²) in [6.07, 6.45) is 3.83. The van der Waals surface area contributed by atoms with Crippen molar-refractivity contribution in [3.05, 3.63) is 151 Å². The first-order chi connectivity index (χ1) is 19.2. The third-order valence-corrected chi connectivity index (χ3v) is 7.46. The van der Waals surface area contributed by atoms with E-state index in [0.717, 1.165) is 60.2 Å². The van der Waals surface area contributed by atoms with E-state index in [1.54, 1.807) is 0 Å². The maximum atomic E-state index is 9.24. The minimum atomic E-state index is 0.451. The molecule has 39 heavy (non-hydrogen) atoms. The Morgan fingerprint density at radius 2 is 1.13 bits per heavy atom. The van der Waals surface area contributed by atoms with E-state index < -0.39 is 0 Å². The van der Waals surface area contributed by atoms with Crippen LogP contribution in [0.1, 0.15) is 11.1 Å². The molecule has 1 N–H and O–H groups in total. The van der Waals surface area contributed by atoms with E-state index in [4.69, 9.17) is 4.42 Å². The van der Waals surface area contributed by atoms with Gasteiger partial charge in [-0.05, 0) is 62.0 Å². The van der Waals surface area contributed by atoms with Gasteiger partial charge in [-0.2, -0.15) is 0 Å². The lowest BCUT2D eigenvalue weighted by molar-refractivity contribution is 0.669. The molecule has 0 unspecified atom stereocenters. The first-order valence-corrected chi connectivity index (χ1v) is 13.1. The van der Waals surface area contributed by atoms with Gasteiger partial charge in [-0.3, -0.25) is 0 Å². The van der Waals surface area contributed by atoms with Crippen molar-refractivity contribution in [2.75, 3.05) is 0 Å². The number of nitrogens with one attached hydrogen (secondary N) is 1. The van der Waals surface area contributed by atoms with Crippen LogP contribution in [0.25, 0.3) is 60.2 Å². The van der Waals surface area contributed by atoms with Gasteiger partial charge in [0.2, 0.25) is 0 Å². The van der Waals surface area contributed by atoms with Crippen molar-refractivity contribution >= 4 is 54.8 Å². The Morgan fingerprint density at radius 3 is 1.82 bits per heavy atom. The standard InChI is InChI=1S/C37H25NO/c1-24(26-19-11-21-34-37(26)31-18-9-10-20-33(31)39-34)22-23-32(38)36-29-16-7-5-14-27(29)35(25-12-3-2-4-13-25)28-15-6-8-17-30(28)36/h2-23,38H,1H2/b23-22-,38-32?. The zero-order valence-corrected chi connectivity index (χ0v) is 21.3. The number of allylic oxidation sites excluding steroid dienone is 3. The fraction of sp³-hybridized carbons (Fsp3) is 0. The summed E-state index contributed by atoms with van der Waals surface area (Å²) < 4.78 is 6.07. The molecule has 2 nitrogen and oxygen atoms in total. The van der Waals surface area contributed by atoms with Gasteiger partial charge in [0.25, 0.3) is 0 Å². The van der Waals surface area contributed by atoms with E-state index in [1.165, 1.54) is 11.1 Å². The number of fused-ring (bicyclic) bond motifs is 5. The summed E-state index contributed by atoms with van der Waals surface area (Å²) in [5.74, 6) is 0. The molecule has 0 saturated carbocycles. The molecule has 0 bridgehead atoms. The normalized spacial score (nSPS) is 11.7. The molecule has 1 heterocycles. The van der Waals surface area contributed by atoms with Gasteiger partial charge in [0.1, 0.15) is 11.2 Å². The van der Waals surface area contributed by atoms with Crippen molar-refractivity contribution in [1.82, 2.24) is 0 Å². The molecule has 0 saturated heterocycles. The fourth-order valence-electron chi connectivity index (χ4n) is 5.73. The van der Waals surface area contributed by atoms with Crippen LogP contribution in [0.2, 0.25) is 0 Å². The van der Waals surface area contributed by atoms with Crippen LogP contribution in [0.15, 0.2) is 144 Å². The summed E-state index contributed by atoms with van der Waals surface area (Å²) in [5, 5.41) is 15.8. The Morgan fingerprint density at radius 1 is 0.564 bits per heavy atom. The molecule has 0 aliphatic heterocycles. The van der Waals surface area contributed by atoms with Gasteiger partial charge < -0.3 is 9.83 Å². The molecule has 0 aliphatic rings. The number of para-hydroxylation sites is 1. The van der Waals surface area contributed by atoms with Gasteiger partial charge in [-0.1, -0.05) is 122 Å². The Hall–Kier alpha value is -5.21. The second-order valence-electron chi connectivity index (χ2n) is 9.76. The van der Waals surface area contributed by atoms with E-state index in [-0.39, 0.29) is 0 Å². The van der Waals surface area contributed by atoms with Crippen LogP contribution in [0.3, 0.4) is 0 Å². The molecule has 7 aromatic rings. The highest BCUT2D eigenvalue weighted by Crippen LogP contribution is 2.40. The molecule has 0 amide bonds. The Kier molecular flexibility index (Phi) is 5.45. The Balaban J connectivity index is 1.37. The third-order valence-electron chi connectivity index (χ3n) is 7.46. The van der Waals surface area contributed by atoms with Crippen LogP contribution < -0.4 is 0 Å². The predicted molar refractivity (Wildman–Crippen MR) is 166 cm³/mol. The molecule has 2 heteroatoms. The highest BCUT2D eigenvalue weighted by atomic mass is 16.3. The summed E-state index contributed by atoms with van der Waals surface area (Å²) in [7, 11) is 0. The maximum Gasteiger partial charge on any atom is 0.136 e. The van der Waals surface area contributed by atoms with Gasteiger partial charge in [0.15, 0.2) is 0 Å². The SMILES string of the molecule is C=C(/C=C\C(=N)c1c2ccccc2c(-c2ccccc2)c2ccccc12)c1cccc2oc3ccccc3c12. The van der Waals surface area contributed by atoms with Crippen LogP contribution in [-0.2, 0) is 0 Å². The highest BCUT2D eigenvalue weighted by molar-refractivity contribution is 6.28. The molecule has 0 spiro atoms. The van der Waals surface area contributed by atoms with Gasteiger partial charge >= 0.3 is 0 Å². The summed E-state index contributed by atoms with van der Waals surface area (Å²) in [6, 6.07) is 41.5. The summed E-state index contributed by atoms with van der Waals surface area (Å²) in [4.78, 5) is 0. The number of rotatable bonds is 5. The minimum absolute atomic E-state index is 0.451. The molecule has 0 atom stereocenters. The van der Waals surface area contributed by atoms with E-state index in [9.17, 15) is 5.41 Å². The number of hydrogen-bond acceptors (Lipinski definition) is 2. The molecule has 0 fully saturated rings. The summed E-state index contributed by atoms with van der Waals surface area (Å²) >= 11 is 0. The first-order valence-electron chi connectivity index (χ1n) is 13.1. The van der Waals surface area contributed by atoms with Crippen molar-refractivity contribution in [3.63, 3.8) is 0 Å². The Labute approximate surface area is 226 Å². The number of hydrogen-bond donors (Lipinski definition) is 1. The van der Waals surface area contributed by atoms with Gasteiger partial charge in [0, 0.05) is 16.3 Å². The summed E-state index contributed by atoms with van der Waals surface area (Å²) in [5.41, 5.74) is 7.30. The zero-order valence-electron chi connectivity index (χ0n) is 21.3. The lowest BCUT2D eigenvalue weighted by Gasteiger charge is -2.17. The van der Waals surface area contributed by atoms with Crippen molar-refractivity contribution < 1.29 is 4.42 Å². The minimum Gasteiger partial charge on any atom is -0.456 e. The van der Waals surface area contributed by atoms with Gasteiger partial charge in [0.05, 0.1) is 5.71 Å². The lowest BCUT2D eigenvalue weighted by Crippen LogP contribution is -2.00. The smallest absolute Gasteiger partial charge is 0.136 e.